The molecule has 0 saturated heterocycles. The van der Waals surface area contributed by atoms with Crippen molar-refractivity contribution in [2.45, 2.75) is 20.0 Å². The maximum Gasteiger partial charge on any atom is 0.195 e. The van der Waals surface area contributed by atoms with Gasteiger partial charge in [0.1, 0.15) is 0 Å². The van der Waals surface area contributed by atoms with Gasteiger partial charge in [0.05, 0.1) is 11.6 Å². The van der Waals surface area contributed by atoms with Crippen molar-refractivity contribution in [2.75, 3.05) is 0 Å². The Morgan fingerprint density at radius 2 is 2.12 bits per heavy atom. The van der Waals surface area contributed by atoms with Crippen molar-refractivity contribution in [3.63, 3.8) is 0 Å². The normalized spacial score (nSPS) is 11.1. The molecule has 0 spiro atoms. The largest absolute Gasteiger partial charge is 0.503 e. The Morgan fingerprint density at radius 3 is 2.76 bits per heavy atom. The molecule has 2 aromatic rings. The molecule has 2 rings (SSSR count). The molecule has 0 fully saturated rings. The average Bonchev–Trinajstić information content (AvgIpc) is 2.23. The van der Waals surface area contributed by atoms with Gasteiger partial charge in [0, 0.05) is 11.5 Å². The van der Waals surface area contributed by atoms with Crippen LogP contribution in [0.5, 0.6) is 11.6 Å². The number of halogens is 1. The monoisotopic (exact) mass is 237 g/mol. The summed E-state index contributed by atoms with van der Waals surface area (Å²) in [6.07, 6.45) is -0.126. The number of rotatable bonds is 2. The van der Waals surface area contributed by atoms with E-state index in [2.05, 4.69) is 4.98 Å². The second kappa shape index (κ2) is 4.08. The van der Waals surface area contributed by atoms with Crippen LogP contribution in [0.4, 0.5) is 4.39 Å². The highest BCUT2D eigenvalue weighted by Crippen LogP contribution is 2.25. The van der Waals surface area contributed by atoms with E-state index in [0.29, 0.717) is 0 Å². The molecule has 4 nitrogen and oxygen atoms in total. The molecule has 0 atom stereocenters. The van der Waals surface area contributed by atoms with Gasteiger partial charge in [0.15, 0.2) is 22.9 Å². The summed E-state index contributed by atoms with van der Waals surface area (Å²) in [5.41, 5.74) is -0.280. The number of benzene rings is 1. The van der Waals surface area contributed by atoms with Crippen molar-refractivity contribution >= 4 is 10.9 Å². The standard InChI is InChI=1S/C12H12FNO3/c1-6(2)17-10-5-9(15)7-3-4-8(13)12(16)11(7)14-10/h3-6,16H,1-2H3,(H,14,15). The molecule has 5 heteroatoms. The summed E-state index contributed by atoms with van der Waals surface area (Å²) in [5, 5.41) is 9.76. The lowest BCUT2D eigenvalue weighted by atomic mass is 10.2. The predicted octanol–water partition coefficient (Wildman–Crippen LogP) is 2.16. The predicted molar refractivity (Wildman–Crippen MR) is 62.0 cm³/mol. The first-order valence-corrected chi connectivity index (χ1v) is 5.20. The van der Waals surface area contributed by atoms with E-state index in [4.69, 9.17) is 4.74 Å². The van der Waals surface area contributed by atoms with E-state index in [1.165, 1.54) is 12.1 Å². The van der Waals surface area contributed by atoms with Crippen LogP contribution in [0.3, 0.4) is 0 Å². The van der Waals surface area contributed by atoms with Crippen LogP contribution in [0.25, 0.3) is 10.9 Å². The number of H-pyrrole nitrogens is 1. The molecule has 0 bridgehead atoms. The topological polar surface area (TPSA) is 62.3 Å². The highest BCUT2D eigenvalue weighted by atomic mass is 19.1. The Morgan fingerprint density at radius 1 is 1.41 bits per heavy atom. The van der Waals surface area contributed by atoms with Gasteiger partial charge in [-0.15, -0.1) is 0 Å². The van der Waals surface area contributed by atoms with Crippen molar-refractivity contribution in [3.05, 3.63) is 34.2 Å². The number of ether oxygens (including phenoxy) is 1. The molecule has 0 unspecified atom stereocenters. The summed E-state index contributed by atoms with van der Waals surface area (Å²) in [7, 11) is 0. The van der Waals surface area contributed by atoms with Gasteiger partial charge in [-0.2, -0.15) is 0 Å². The van der Waals surface area contributed by atoms with Crippen molar-refractivity contribution in [1.29, 1.82) is 0 Å². The zero-order chi connectivity index (χ0) is 12.6. The van der Waals surface area contributed by atoms with E-state index < -0.39 is 11.6 Å². The minimum atomic E-state index is -0.783. The van der Waals surface area contributed by atoms with Gasteiger partial charge in [0.2, 0.25) is 0 Å². The Labute approximate surface area is 96.7 Å². The SMILES string of the molecule is CC(C)Oc1cc(=O)c2ccc(F)c(O)c2[nH]1. The van der Waals surface area contributed by atoms with Crippen molar-refractivity contribution < 1.29 is 14.2 Å². The Balaban J connectivity index is 2.70. The number of aromatic hydroxyl groups is 1. The fourth-order valence-electron chi connectivity index (χ4n) is 1.57. The molecule has 0 saturated carbocycles. The zero-order valence-electron chi connectivity index (χ0n) is 9.45. The first-order valence-electron chi connectivity index (χ1n) is 5.20. The van der Waals surface area contributed by atoms with Crippen molar-refractivity contribution in [1.82, 2.24) is 4.98 Å². The van der Waals surface area contributed by atoms with Crippen LogP contribution in [0, 0.1) is 5.82 Å². The number of hydrogen-bond donors (Lipinski definition) is 2. The third-order valence-electron chi connectivity index (χ3n) is 2.27. The van der Waals surface area contributed by atoms with Crippen LogP contribution >= 0.6 is 0 Å². The summed E-state index contributed by atoms with van der Waals surface area (Å²) in [6.45, 7) is 3.60. The summed E-state index contributed by atoms with van der Waals surface area (Å²) in [4.78, 5) is 14.4. The highest BCUT2D eigenvalue weighted by Gasteiger charge is 2.11. The average molecular weight is 237 g/mol. The van der Waals surface area contributed by atoms with E-state index >= 15 is 0 Å². The smallest absolute Gasteiger partial charge is 0.195 e. The van der Waals surface area contributed by atoms with Gasteiger partial charge < -0.3 is 14.8 Å². The first kappa shape index (κ1) is 11.4. The number of phenolic OH excluding ortho intramolecular Hbond substituents is 1. The first-order chi connectivity index (χ1) is 7.99. The molecule has 1 heterocycles. The van der Waals surface area contributed by atoms with Gasteiger partial charge in [-0.1, -0.05) is 0 Å². The van der Waals surface area contributed by atoms with Gasteiger partial charge in [-0.3, -0.25) is 4.79 Å². The third-order valence-corrected chi connectivity index (χ3v) is 2.27. The molecule has 0 aliphatic carbocycles. The molecule has 0 aliphatic heterocycles. The van der Waals surface area contributed by atoms with E-state index in [0.717, 1.165) is 6.07 Å². The van der Waals surface area contributed by atoms with Crippen molar-refractivity contribution in [2.24, 2.45) is 0 Å². The molecule has 2 N–H and O–H groups in total. The van der Waals surface area contributed by atoms with Gasteiger partial charge >= 0.3 is 0 Å². The highest BCUT2D eigenvalue weighted by molar-refractivity contribution is 5.84. The summed E-state index contributed by atoms with van der Waals surface area (Å²) >= 11 is 0. The quantitative estimate of drug-likeness (QED) is 0.841. The molecule has 17 heavy (non-hydrogen) atoms. The molecule has 1 aromatic heterocycles. The lowest BCUT2D eigenvalue weighted by Gasteiger charge is -2.10. The maximum atomic E-state index is 13.2. The van der Waals surface area contributed by atoms with Crippen LogP contribution in [0.15, 0.2) is 23.0 Å². The minimum absolute atomic E-state index is 0.0492. The lowest BCUT2D eigenvalue weighted by molar-refractivity contribution is 0.233. The van der Waals surface area contributed by atoms with Gasteiger partial charge in [0.25, 0.3) is 0 Å². The summed E-state index contributed by atoms with van der Waals surface area (Å²) < 4.78 is 18.5. The number of aromatic nitrogens is 1. The van der Waals surface area contributed by atoms with E-state index in [-0.39, 0.29) is 28.3 Å². The molecule has 0 aliphatic rings. The van der Waals surface area contributed by atoms with E-state index in [9.17, 15) is 14.3 Å². The fraction of sp³-hybridized carbons (Fsp3) is 0.250. The van der Waals surface area contributed by atoms with Crippen LogP contribution in [-0.4, -0.2) is 16.2 Å². The number of fused-ring (bicyclic) bond motifs is 1. The second-order valence-electron chi connectivity index (χ2n) is 3.98. The number of pyridine rings is 1. The molecular formula is C12H12FNO3. The van der Waals surface area contributed by atoms with E-state index in [1.54, 1.807) is 13.8 Å². The number of phenols is 1. The molecule has 1 aromatic carbocycles. The molecule has 90 valence electrons. The molecule has 0 radical (unpaired) electrons. The lowest BCUT2D eigenvalue weighted by Crippen LogP contribution is -2.10. The van der Waals surface area contributed by atoms with Crippen LogP contribution < -0.4 is 10.2 Å². The number of hydrogen-bond acceptors (Lipinski definition) is 3. The summed E-state index contributed by atoms with van der Waals surface area (Å²) in [5.74, 6) is -1.15. The third kappa shape index (κ3) is 2.08. The number of aromatic amines is 1. The minimum Gasteiger partial charge on any atom is -0.503 e. The van der Waals surface area contributed by atoms with Gasteiger partial charge in [-0.05, 0) is 26.0 Å². The van der Waals surface area contributed by atoms with Crippen LogP contribution in [0.2, 0.25) is 0 Å². The summed E-state index contributed by atoms with van der Waals surface area (Å²) in [6, 6.07) is 3.65. The Hall–Kier alpha value is -2.04. The van der Waals surface area contributed by atoms with Crippen LogP contribution in [0.1, 0.15) is 13.8 Å². The Bertz CT molecular complexity index is 619. The zero-order valence-corrected chi connectivity index (χ0v) is 9.45. The maximum absolute atomic E-state index is 13.2. The number of nitrogens with one attached hydrogen (secondary N) is 1. The van der Waals surface area contributed by atoms with E-state index in [1.807, 2.05) is 0 Å². The molecular weight excluding hydrogens is 225 g/mol. The fourth-order valence-corrected chi connectivity index (χ4v) is 1.57. The van der Waals surface area contributed by atoms with Gasteiger partial charge in [-0.25, -0.2) is 4.39 Å². The van der Waals surface area contributed by atoms with Crippen LogP contribution in [-0.2, 0) is 0 Å². The van der Waals surface area contributed by atoms with Crippen molar-refractivity contribution in [3.8, 4) is 11.6 Å². The second-order valence-corrected chi connectivity index (χ2v) is 3.98. The molecule has 0 amide bonds. The Kier molecular flexibility index (Phi) is 2.75.